The van der Waals surface area contributed by atoms with Crippen LogP contribution in [0.25, 0.3) is 5.69 Å². The molecule has 1 aromatic carbocycles. The van der Waals surface area contributed by atoms with Crippen LogP contribution < -0.4 is 0 Å². The van der Waals surface area contributed by atoms with Gasteiger partial charge in [0, 0.05) is 5.69 Å². The molecular weight excluding hydrogens is 197 g/mol. The Kier molecular flexibility index (Phi) is 2.47. The Morgan fingerprint density at radius 2 is 2.27 bits per heavy atom. The van der Waals surface area contributed by atoms with Gasteiger partial charge >= 0.3 is 0 Å². The minimum atomic E-state index is -0.252. The Morgan fingerprint density at radius 1 is 1.47 bits per heavy atom. The summed E-state index contributed by atoms with van der Waals surface area (Å²) in [5, 5.41) is 16.4. The Balaban J connectivity index is 2.50. The molecular formula is C10H10FN3O. The van der Waals surface area contributed by atoms with Crippen LogP contribution in [0.1, 0.15) is 11.4 Å². The van der Waals surface area contributed by atoms with Gasteiger partial charge in [0.2, 0.25) is 0 Å². The van der Waals surface area contributed by atoms with Crippen molar-refractivity contribution in [3.63, 3.8) is 0 Å². The number of aliphatic hydroxyl groups is 1. The van der Waals surface area contributed by atoms with Gasteiger partial charge in [0.25, 0.3) is 0 Å². The van der Waals surface area contributed by atoms with Gasteiger partial charge in [-0.15, -0.1) is 10.2 Å². The molecule has 15 heavy (non-hydrogen) atoms. The van der Waals surface area contributed by atoms with E-state index in [4.69, 9.17) is 5.11 Å². The number of rotatable bonds is 2. The van der Waals surface area contributed by atoms with E-state index < -0.39 is 0 Å². The first-order valence-electron chi connectivity index (χ1n) is 4.48. The van der Waals surface area contributed by atoms with Gasteiger partial charge < -0.3 is 5.11 Å². The van der Waals surface area contributed by atoms with Crippen molar-refractivity contribution in [3.05, 3.63) is 41.7 Å². The van der Waals surface area contributed by atoms with Crippen molar-refractivity contribution in [2.75, 3.05) is 0 Å². The standard InChI is InChI=1S/C10H10FN3O/c1-7-4-8(2-3-9(7)11)14-6-12-13-10(14)5-15/h2-4,6,15H,5H2,1H3. The maximum absolute atomic E-state index is 13.0. The highest BCUT2D eigenvalue weighted by atomic mass is 19.1. The van der Waals surface area contributed by atoms with E-state index in [0.717, 1.165) is 5.69 Å². The first-order valence-corrected chi connectivity index (χ1v) is 4.48. The Morgan fingerprint density at radius 3 is 2.93 bits per heavy atom. The summed E-state index contributed by atoms with van der Waals surface area (Å²) < 4.78 is 14.7. The highest BCUT2D eigenvalue weighted by Crippen LogP contribution is 2.14. The molecule has 4 nitrogen and oxygen atoms in total. The average Bonchev–Trinajstić information content (AvgIpc) is 2.70. The summed E-state index contributed by atoms with van der Waals surface area (Å²) in [5.74, 6) is 0.179. The molecule has 0 amide bonds. The highest BCUT2D eigenvalue weighted by molar-refractivity contribution is 5.36. The molecule has 0 spiro atoms. The van der Waals surface area contributed by atoms with Crippen LogP contribution in [-0.2, 0) is 6.61 Å². The number of aromatic nitrogens is 3. The van der Waals surface area contributed by atoms with Crippen molar-refractivity contribution in [2.45, 2.75) is 13.5 Å². The summed E-state index contributed by atoms with van der Waals surface area (Å²) in [6, 6.07) is 4.68. The molecule has 1 aromatic heterocycles. The zero-order chi connectivity index (χ0) is 10.8. The molecule has 0 fully saturated rings. The first-order chi connectivity index (χ1) is 7.22. The molecule has 1 N–H and O–H groups in total. The number of halogens is 1. The van der Waals surface area contributed by atoms with Gasteiger partial charge in [0.1, 0.15) is 18.8 Å². The van der Waals surface area contributed by atoms with Crippen molar-refractivity contribution >= 4 is 0 Å². The topological polar surface area (TPSA) is 50.9 Å². The minimum absolute atomic E-state index is 0.198. The van der Waals surface area contributed by atoms with Crippen LogP contribution in [0.5, 0.6) is 0 Å². The summed E-state index contributed by atoms with van der Waals surface area (Å²) in [5.41, 5.74) is 1.29. The molecule has 78 valence electrons. The van der Waals surface area contributed by atoms with Gasteiger partial charge in [-0.25, -0.2) is 4.39 Å². The quantitative estimate of drug-likeness (QED) is 0.805. The lowest BCUT2D eigenvalue weighted by molar-refractivity contribution is 0.269. The van der Waals surface area contributed by atoms with E-state index in [-0.39, 0.29) is 12.4 Å². The van der Waals surface area contributed by atoms with Gasteiger partial charge in [-0.05, 0) is 30.7 Å². The molecule has 5 heteroatoms. The Hall–Kier alpha value is -1.75. The van der Waals surface area contributed by atoms with Crippen molar-refractivity contribution in [3.8, 4) is 5.69 Å². The van der Waals surface area contributed by atoms with E-state index in [1.807, 2.05) is 0 Å². The van der Waals surface area contributed by atoms with Crippen LogP contribution in [0.4, 0.5) is 4.39 Å². The molecule has 0 aliphatic carbocycles. The minimum Gasteiger partial charge on any atom is -0.388 e. The smallest absolute Gasteiger partial charge is 0.163 e. The summed E-state index contributed by atoms with van der Waals surface area (Å²) in [4.78, 5) is 0. The zero-order valence-corrected chi connectivity index (χ0v) is 8.18. The number of aryl methyl sites for hydroxylation is 1. The first kappa shape index (κ1) is 9.79. The lowest BCUT2D eigenvalue weighted by Crippen LogP contribution is -2.00. The fourth-order valence-electron chi connectivity index (χ4n) is 1.36. The molecule has 1 heterocycles. The van der Waals surface area contributed by atoms with Gasteiger partial charge in [-0.1, -0.05) is 0 Å². The van der Waals surface area contributed by atoms with Gasteiger partial charge in [0.15, 0.2) is 5.82 Å². The monoisotopic (exact) mass is 207 g/mol. The van der Waals surface area contributed by atoms with E-state index in [0.29, 0.717) is 11.4 Å². The van der Waals surface area contributed by atoms with Crippen molar-refractivity contribution in [2.24, 2.45) is 0 Å². The number of benzene rings is 1. The Labute approximate surface area is 86.0 Å². The molecule has 0 saturated carbocycles. The van der Waals surface area contributed by atoms with Crippen LogP contribution in [0.3, 0.4) is 0 Å². The number of hydrogen-bond acceptors (Lipinski definition) is 3. The molecule has 2 aromatic rings. The van der Waals surface area contributed by atoms with Crippen LogP contribution in [0.15, 0.2) is 24.5 Å². The fraction of sp³-hybridized carbons (Fsp3) is 0.200. The van der Waals surface area contributed by atoms with Crippen LogP contribution >= 0.6 is 0 Å². The third-order valence-electron chi connectivity index (χ3n) is 2.18. The zero-order valence-electron chi connectivity index (χ0n) is 8.18. The molecule has 0 aliphatic rings. The van der Waals surface area contributed by atoms with E-state index >= 15 is 0 Å². The number of hydrogen-bond donors (Lipinski definition) is 1. The Bertz CT molecular complexity index is 481. The van der Waals surface area contributed by atoms with Crippen molar-refractivity contribution in [1.29, 1.82) is 0 Å². The molecule has 2 rings (SSSR count). The van der Waals surface area contributed by atoms with Crippen molar-refractivity contribution in [1.82, 2.24) is 14.8 Å². The fourth-order valence-corrected chi connectivity index (χ4v) is 1.36. The second kappa shape index (κ2) is 3.78. The number of aliphatic hydroxyl groups excluding tert-OH is 1. The van der Waals surface area contributed by atoms with Crippen molar-refractivity contribution < 1.29 is 9.50 Å². The summed E-state index contributed by atoms with van der Waals surface area (Å²) in [7, 11) is 0. The van der Waals surface area contributed by atoms with E-state index in [9.17, 15) is 4.39 Å². The summed E-state index contributed by atoms with van der Waals surface area (Å²) in [6.07, 6.45) is 1.48. The van der Waals surface area contributed by atoms with Crippen LogP contribution in [0, 0.1) is 12.7 Å². The second-order valence-electron chi connectivity index (χ2n) is 3.21. The maximum Gasteiger partial charge on any atom is 0.163 e. The molecule has 0 aliphatic heterocycles. The third-order valence-corrected chi connectivity index (χ3v) is 2.18. The van der Waals surface area contributed by atoms with Crippen LogP contribution in [0.2, 0.25) is 0 Å². The largest absolute Gasteiger partial charge is 0.388 e. The third kappa shape index (κ3) is 1.73. The second-order valence-corrected chi connectivity index (χ2v) is 3.21. The molecule has 0 bridgehead atoms. The highest BCUT2D eigenvalue weighted by Gasteiger charge is 2.06. The van der Waals surface area contributed by atoms with E-state index in [1.54, 1.807) is 23.6 Å². The lowest BCUT2D eigenvalue weighted by Gasteiger charge is -2.05. The molecule has 0 saturated heterocycles. The van der Waals surface area contributed by atoms with Gasteiger partial charge in [0.05, 0.1) is 0 Å². The lowest BCUT2D eigenvalue weighted by atomic mass is 10.2. The summed E-state index contributed by atoms with van der Waals surface area (Å²) >= 11 is 0. The van der Waals surface area contributed by atoms with Gasteiger partial charge in [-0.3, -0.25) is 4.57 Å². The van der Waals surface area contributed by atoms with Gasteiger partial charge in [-0.2, -0.15) is 0 Å². The maximum atomic E-state index is 13.0. The SMILES string of the molecule is Cc1cc(-n2cnnc2CO)ccc1F. The normalized spacial score (nSPS) is 10.6. The van der Waals surface area contributed by atoms with E-state index in [2.05, 4.69) is 10.2 Å². The molecule has 0 unspecified atom stereocenters. The average molecular weight is 207 g/mol. The predicted octanol–water partition coefficient (Wildman–Crippen LogP) is 1.21. The summed E-state index contributed by atoms with van der Waals surface area (Å²) in [6.45, 7) is 1.48. The van der Waals surface area contributed by atoms with E-state index in [1.165, 1.54) is 12.4 Å². The molecule has 0 atom stereocenters. The number of nitrogens with zero attached hydrogens (tertiary/aromatic N) is 3. The van der Waals surface area contributed by atoms with Crippen LogP contribution in [-0.4, -0.2) is 19.9 Å². The molecule has 0 radical (unpaired) electrons. The predicted molar refractivity (Wildman–Crippen MR) is 52.0 cm³/mol.